The number of benzene rings is 1. The maximum Gasteiger partial charge on any atom is 0.346 e. The minimum atomic E-state index is -0.464. The van der Waals surface area contributed by atoms with Crippen molar-refractivity contribution in [2.75, 3.05) is 12.1 Å². The second-order valence-electron chi connectivity index (χ2n) is 4.66. The predicted octanol–water partition coefficient (Wildman–Crippen LogP) is -0.180. The lowest BCUT2D eigenvalue weighted by Gasteiger charge is -2.08. The van der Waals surface area contributed by atoms with Crippen molar-refractivity contribution in [1.29, 1.82) is 0 Å². The van der Waals surface area contributed by atoms with E-state index in [0.717, 1.165) is 14.8 Å². The summed E-state index contributed by atoms with van der Waals surface area (Å²) in [6.45, 7) is 0.603. The summed E-state index contributed by atoms with van der Waals surface area (Å²) >= 11 is 0. The molecule has 0 spiro atoms. The molecule has 0 amide bonds. The molecule has 8 nitrogen and oxygen atoms in total. The first kappa shape index (κ1) is 13.2. The van der Waals surface area contributed by atoms with Gasteiger partial charge >= 0.3 is 5.69 Å². The Labute approximate surface area is 119 Å². The fraction of sp³-hybridized carbons (Fsp3) is 0.308. The summed E-state index contributed by atoms with van der Waals surface area (Å²) in [4.78, 5) is 23.5. The van der Waals surface area contributed by atoms with Crippen LogP contribution in [0.3, 0.4) is 0 Å². The lowest BCUT2D eigenvalue weighted by molar-refractivity contribution is 0.174. The molecule has 1 aliphatic rings. The van der Waals surface area contributed by atoms with Crippen LogP contribution >= 0.6 is 0 Å². The van der Waals surface area contributed by atoms with Crippen molar-refractivity contribution < 1.29 is 9.47 Å². The summed E-state index contributed by atoms with van der Waals surface area (Å²) in [5, 5.41) is 6.85. The van der Waals surface area contributed by atoms with Crippen LogP contribution in [0.4, 0.5) is 5.82 Å². The van der Waals surface area contributed by atoms with Gasteiger partial charge in [-0.2, -0.15) is 0 Å². The molecule has 1 aliphatic heterocycles. The minimum absolute atomic E-state index is 0.122. The summed E-state index contributed by atoms with van der Waals surface area (Å²) in [6.07, 6.45) is 0. The third-order valence-corrected chi connectivity index (χ3v) is 3.22. The third kappa shape index (κ3) is 2.35. The van der Waals surface area contributed by atoms with Crippen molar-refractivity contribution in [3.05, 3.63) is 44.6 Å². The molecule has 3 rings (SSSR count). The Hall–Kier alpha value is -2.77. The number of aromatic nitrogens is 3. The number of rotatable bonds is 3. The van der Waals surface area contributed by atoms with Crippen molar-refractivity contribution in [3.63, 3.8) is 0 Å². The van der Waals surface area contributed by atoms with Crippen molar-refractivity contribution in [3.8, 4) is 11.5 Å². The van der Waals surface area contributed by atoms with Crippen LogP contribution in [0.15, 0.2) is 27.8 Å². The largest absolute Gasteiger partial charge is 0.454 e. The quantitative estimate of drug-likeness (QED) is 0.843. The first-order valence-corrected chi connectivity index (χ1v) is 6.33. The van der Waals surface area contributed by atoms with Crippen LogP contribution in [0.1, 0.15) is 5.56 Å². The molecule has 8 heteroatoms. The molecule has 0 fully saturated rings. The molecule has 2 heterocycles. The Morgan fingerprint density at radius 1 is 1.24 bits per heavy atom. The van der Waals surface area contributed by atoms with E-state index in [0.29, 0.717) is 18.0 Å². The van der Waals surface area contributed by atoms with Gasteiger partial charge in [-0.25, -0.2) is 9.48 Å². The molecule has 0 radical (unpaired) electrons. The molecule has 0 unspecified atom stereocenters. The summed E-state index contributed by atoms with van der Waals surface area (Å²) in [5.74, 6) is 1.50. The fourth-order valence-corrected chi connectivity index (χ4v) is 2.05. The van der Waals surface area contributed by atoms with Crippen LogP contribution in [-0.4, -0.2) is 21.1 Å². The van der Waals surface area contributed by atoms with Gasteiger partial charge in [0.05, 0.1) is 0 Å². The van der Waals surface area contributed by atoms with Gasteiger partial charge in [0.1, 0.15) is 0 Å². The van der Waals surface area contributed by atoms with Crippen LogP contribution in [0.25, 0.3) is 0 Å². The van der Waals surface area contributed by atoms with E-state index in [1.54, 1.807) is 0 Å². The molecule has 110 valence electrons. The highest BCUT2D eigenvalue weighted by Crippen LogP contribution is 2.32. The Balaban J connectivity index is 1.82. The zero-order valence-electron chi connectivity index (χ0n) is 11.6. The molecule has 1 aromatic heterocycles. The molecular weight excluding hydrogens is 276 g/mol. The number of nitrogens with one attached hydrogen (secondary N) is 1. The van der Waals surface area contributed by atoms with Crippen LogP contribution in [0, 0.1) is 0 Å². The van der Waals surface area contributed by atoms with E-state index < -0.39 is 11.2 Å². The monoisotopic (exact) mass is 290 g/mol. The van der Waals surface area contributed by atoms with E-state index in [2.05, 4.69) is 10.4 Å². The molecular formula is C13H14N4O4. The number of anilines is 1. The number of aryl methyl sites for hydroxylation is 1. The second kappa shape index (κ2) is 4.97. The number of hydrogen-bond acceptors (Lipinski definition) is 6. The Bertz CT molecular complexity index is 809. The van der Waals surface area contributed by atoms with E-state index in [1.807, 2.05) is 18.2 Å². The van der Waals surface area contributed by atoms with E-state index in [4.69, 9.17) is 9.47 Å². The van der Waals surface area contributed by atoms with Gasteiger partial charge in [0, 0.05) is 20.6 Å². The zero-order chi connectivity index (χ0) is 15.0. The average Bonchev–Trinajstić information content (AvgIpc) is 2.95. The van der Waals surface area contributed by atoms with Crippen molar-refractivity contribution in [2.45, 2.75) is 6.54 Å². The maximum absolute atomic E-state index is 11.9. The van der Waals surface area contributed by atoms with Crippen molar-refractivity contribution in [2.24, 2.45) is 14.1 Å². The molecule has 0 saturated heterocycles. The van der Waals surface area contributed by atoms with E-state index in [9.17, 15) is 9.59 Å². The second-order valence-corrected chi connectivity index (χ2v) is 4.66. The van der Waals surface area contributed by atoms with Gasteiger partial charge in [0.15, 0.2) is 11.5 Å². The smallest absolute Gasteiger partial charge is 0.346 e. The van der Waals surface area contributed by atoms with E-state index >= 15 is 0 Å². The molecule has 0 atom stereocenters. The lowest BCUT2D eigenvalue weighted by Crippen LogP contribution is -2.39. The maximum atomic E-state index is 11.9. The zero-order valence-corrected chi connectivity index (χ0v) is 11.6. The minimum Gasteiger partial charge on any atom is -0.454 e. The van der Waals surface area contributed by atoms with Gasteiger partial charge in [-0.3, -0.25) is 9.36 Å². The molecule has 1 N–H and O–H groups in total. The van der Waals surface area contributed by atoms with Gasteiger partial charge in [-0.05, 0) is 17.7 Å². The highest BCUT2D eigenvalue weighted by molar-refractivity contribution is 5.45. The first-order valence-electron chi connectivity index (χ1n) is 6.33. The van der Waals surface area contributed by atoms with Gasteiger partial charge in [0.2, 0.25) is 12.6 Å². The molecule has 2 aromatic rings. The number of nitrogens with zero attached hydrogens (tertiary/aromatic N) is 3. The first-order chi connectivity index (χ1) is 10.1. The van der Waals surface area contributed by atoms with Gasteiger partial charge in [-0.1, -0.05) is 6.07 Å². The summed E-state index contributed by atoms with van der Waals surface area (Å²) < 4.78 is 12.6. The summed E-state index contributed by atoms with van der Waals surface area (Å²) in [6, 6.07) is 5.51. The summed E-state index contributed by atoms with van der Waals surface area (Å²) in [7, 11) is 2.91. The molecule has 0 saturated carbocycles. The normalized spacial score (nSPS) is 12.5. The highest BCUT2D eigenvalue weighted by Gasteiger charge is 2.14. The lowest BCUT2D eigenvalue weighted by atomic mass is 10.2. The Morgan fingerprint density at radius 2 is 2.00 bits per heavy atom. The molecule has 21 heavy (non-hydrogen) atoms. The van der Waals surface area contributed by atoms with Crippen molar-refractivity contribution in [1.82, 2.24) is 14.3 Å². The highest BCUT2D eigenvalue weighted by atomic mass is 16.7. The van der Waals surface area contributed by atoms with Gasteiger partial charge in [0.25, 0.3) is 5.56 Å². The number of ether oxygens (including phenoxy) is 2. The fourth-order valence-electron chi connectivity index (χ4n) is 2.05. The van der Waals surface area contributed by atoms with Crippen LogP contribution in [-0.2, 0) is 20.6 Å². The van der Waals surface area contributed by atoms with E-state index in [-0.39, 0.29) is 12.6 Å². The Kier molecular flexibility index (Phi) is 3.13. The number of fused-ring (bicyclic) bond motifs is 1. The molecule has 1 aromatic carbocycles. The molecule has 0 bridgehead atoms. The predicted molar refractivity (Wildman–Crippen MR) is 74.6 cm³/mol. The van der Waals surface area contributed by atoms with Gasteiger partial charge < -0.3 is 14.8 Å². The number of hydrogen-bond donors (Lipinski definition) is 1. The van der Waals surface area contributed by atoms with Crippen LogP contribution in [0.5, 0.6) is 11.5 Å². The average molecular weight is 290 g/mol. The third-order valence-electron chi connectivity index (χ3n) is 3.22. The van der Waals surface area contributed by atoms with Crippen molar-refractivity contribution >= 4 is 5.82 Å². The van der Waals surface area contributed by atoms with Crippen LogP contribution < -0.4 is 26.0 Å². The SMILES string of the molecule is Cn1nc(NCc2ccc3c(c2)OCO3)c(=O)n(C)c1=O. The topological polar surface area (TPSA) is 87.4 Å². The molecule has 0 aliphatic carbocycles. The van der Waals surface area contributed by atoms with Gasteiger partial charge in [-0.15, -0.1) is 5.10 Å². The standard InChI is InChI=1S/C13H14N4O4/c1-16-12(18)11(15-17(2)13(16)19)14-6-8-3-4-9-10(5-8)21-7-20-9/h3-5H,6-7H2,1-2H3,(H,14,15). The summed E-state index contributed by atoms with van der Waals surface area (Å²) in [5.41, 5.74) is -0.00979. The van der Waals surface area contributed by atoms with Crippen LogP contribution in [0.2, 0.25) is 0 Å². The Morgan fingerprint density at radius 3 is 2.81 bits per heavy atom. The van der Waals surface area contributed by atoms with E-state index in [1.165, 1.54) is 14.1 Å².